The predicted octanol–water partition coefficient (Wildman–Crippen LogP) is 4.26. The number of hydrogen-bond donors (Lipinski definition) is 2. The van der Waals surface area contributed by atoms with Crippen molar-refractivity contribution in [1.82, 2.24) is 5.32 Å². The average molecular weight is 348 g/mol. The van der Waals surface area contributed by atoms with Crippen molar-refractivity contribution in [2.24, 2.45) is 0 Å². The zero-order valence-electron chi connectivity index (χ0n) is 14.2. The van der Waals surface area contributed by atoms with E-state index in [1.54, 1.807) is 17.4 Å². The first kappa shape index (κ1) is 17.4. The number of hydrogen-bond acceptors (Lipinski definition) is 4. The van der Waals surface area contributed by atoms with E-state index < -0.39 is 0 Å². The predicted molar refractivity (Wildman–Crippen MR) is 98.1 cm³/mol. The van der Waals surface area contributed by atoms with Gasteiger partial charge in [0.15, 0.2) is 0 Å². The number of halogens is 1. The smallest absolute Gasteiger partial charge is 0.123 e. The van der Waals surface area contributed by atoms with Crippen molar-refractivity contribution < 1.29 is 9.50 Å². The van der Waals surface area contributed by atoms with Crippen LogP contribution in [0.4, 0.5) is 10.1 Å². The molecule has 0 amide bonds. The Hall–Kier alpha value is -1.43. The highest BCUT2D eigenvalue weighted by atomic mass is 32.1. The van der Waals surface area contributed by atoms with Crippen LogP contribution in [0.2, 0.25) is 0 Å². The van der Waals surface area contributed by atoms with Crippen LogP contribution in [0, 0.1) is 5.82 Å². The second kappa shape index (κ2) is 7.64. The van der Waals surface area contributed by atoms with E-state index in [4.69, 9.17) is 0 Å². The van der Waals surface area contributed by atoms with Gasteiger partial charge in [-0.3, -0.25) is 0 Å². The van der Waals surface area contributed by atoms with Crippen molar-refractivity contribution in [2.45, 2.75) is 44.9 Å². The summed E-state index contributed by atoms with van der Waals surface area (Å²) in [7, 11) is 0. The van der Waals surface area contributed by atoms with Gasteiger partial charge in [0.1, 0.15) is 5.82 Å². The van der Waals surface area contributed by atoms with Gasteiger partial charge >= 0.3 is 0 Å². The number of aliphatic hydroxyl groups excluding tert-OH is 1. The quantitative estimate of drug-likeness (QED) is 0.847. The molecule has 0 saturated carbocycles. The Bertz CT molecular complexity index is 653. The summed E-state index contributed by atoms with van der Waals surface area (Å²) < 4.78 is 13.9. The largest absolute Gasteiger partial charge is 0.393 e. The van der Waals surface area contributed by atoms with Gasteiger partial charge in [-0.1, -0.05) is 6.07 Å². The number of nitrogens with zero attached hydrogens (tertiary/aromatic N) is 1. The van der Waals surface area contributed by atoms with Crippen molar-refractivity contribution in [3.8, 4) is 0 Å². The molecule has 1 aliphatic heterocycles. The summed E-state index contributed by atoms with van der Waals surface area (Å²) in [6.45, 7) is 5.85. The summed E-state index contributed by atoms with van der Waals surface area (Å²) in [5.41, 5.74) is 2.05. The molecule has 2 atom stereocenters. The van der Waals surface area contributed by atoms with Gasteiger partial charge in [-0.15, -0.1) is 11.3 Å². The molecule has 2 aromatic rings. The first-order valence-electron chi connectivity index (χ1n) is 8.56. The molecule has 1 saturated heterocycles. The SMILES string of the molecule is C[C@H](N[C@H](C)c1cc(F)ccc1N1CCC(O)CC1)c1cccs1. The van der Waals surface area contributed by atoms with Crippen LogP contribution in [0.5, 0.6) is 0 Å². The van der Waals surface area contributed by atoms with E-state index in [1.807, 2.05) is 6.07 Å². The Morgan fingerprint density at radius 1 is 1.21 bits per heavy atom. The minimum atomic E-state index is -0.209. The van der Waals surface area contributed by atoms with Crippen molar-refractivity contribution in [1.29, 1.82) is 0 Å². The Morgan fingerprint density at radius 2 is 1.96 bits per heavy atom. The van der Waals surface area contributed by atoms with Crippen LogP contribution in [-0.2, 0) is 0 Å². The first-order valence-corrected chi connectivity index (χ1v) is 9.44. The molecule has 0 radical (unpaired) electrons. The number of benzene rings is 1. The van der Waals surface area contributed by atoms with Gasteiger partial charge in [-0.05, 0) is 61.9 Å². The zero-order valence-corrected chi connectivity index (χ0v) is 15.0. The monoisotopic (exact) mass is 348 g/mol. The lowest BCUT2D eigenvalue weighted by molar-refractivity contribution is 0.145. The average Bonchev–Trinajstić information content (AvgIpc) is 3.10. The lowest BCUT2D eigenvalue weighted by Gasteiger charge is -2.34. The second-order valence-electron chi connectivity index (χ2n) is 6.55. The van der Waals surface area contributed by atoms with E-state index in [9.17, 15) is 9.50 Å². The van der Waals surface area contributed by atoms with E-state index in [1.165, 1.54) is 10.9 Å². The number of thiophene rings is 1. The molecular weight excluding hydrogens is 323 g/mol. The molecular formula is C19H25FN2OS. The Morgan fingerprint density at radius 3 is 2.62 bits per heavy atom. The normalized spacial score (nSPS) is 18.6. The van der Waals surface area contributed by atoms with E-state index in [0.29, 0.717) is 0 Å². The molecule has 1 fully saturated rings. The van der Waals surface area contributed by atoms with Crippen molar-refractivity contribution >= 4 is 17.0 Å². The van der Waals surface area contributed by atoms with Gasteiger partial charge in [-0.25, -0.2) is 4.39 Å². The van der Waals surface area contributed by atoms with E-state index in [2.05, 4.69) is 41.6 Å². The van der Waals surface area contributed by atoms with Gasteiger partial charge in [0.05, 0.1) is 6.10 Å². The van der Waals surface area contributed by atoms with Gasteiger partial charge in [-0.2, -0.15) is 0 Å². The highest BCUT2D eigenvalue weighted by molar-refractivity contribution is 7.10. The number of anilines is 1. The van der Waals surface area contributed by atoms with Crippen LogP contribution < -0.4 is 10.2 Å². The van der Waals surface area contributed by atoms with Crippen LogP contribution in [0.15, 0.2) is 35.7 Å². The van der Waals surface area contributed by atoms with Crippen molar-refractivity contribution in [2.75, 3.05) is 18.0 Å². The number of nitrogens with one attached hydrogen (secondary N) is 1. The number of rotatable bonds is 5. The number of aliphatic hydroxyl groups is 1. The van der Waals surface area contributed by atoms with Crippen LogP contribution in [-0.4, -0.2) is 24.3 Å². The molecule has 1 aliphatic rings. The molecule has 24 heavy (non-hydrogen) atoms. The molecule has 0 aliphatic carbocycles. The third-order valence-corrected chi connectivity index (χ3v) is 5.79. The maximum atomic E-state index is 13.9. The fraction of sp³-hybridized carbons (Fsp3) is 0.474. The summed E-state index contributed by atoms with van der Waals surface area (Å²) in [5, 5.41) is 15.4. The Kier molecular flexibility index (Phi) is 5.54. The Labute approximate surface area is 147 Å². The summed E-state index contributed by atoms with van der Waals surface area (Å²) >= 11 is 1.73. The fourth-order valence-corrected chi connectivity index (χ4v) is 4.10. The van der Waals surface area contributed by atoms with E-state index >= 15 is 0 Å². The lowest BCUT2D eigenvalue weighted by atomic mass is 10.0. The molecule has 3 nitrogen and oxygen atoms in total. The zero-order chi connectivity index (χ0) is 17.1. The third kappa shape index (κ3) is 3.97. The summed E-state index contributed by atoms with van der Waals surface area (Å²) in [4.78, 5) is 3.54. The fourth-order valence-electron chi connectivity index (χ4n) is 3.35. The molecule has 2 heterocycles. The highest BCUT2D eigenvalue weighted by Crippen LogP contribution is 2.31. The van der Waals surface area contributed by atoms with Gasteiger partial charge < -0.3 is 15.3 Å². The molecule has 0 unspecified atom stereocenters. The van der Waals surface area contributed by atoms with Crippen molar-refractivity contribution in [3.63, 3.8) is 0 Å². The molecule has 5 heteroatoms. The van der Waals surface area contributed by atoms with Crippen LogP contribution >= 0.6 is 11.3 Å². The third-order valence-electron chi connectivity index (χ3n) is 4.73. The van der Waals surface area contributed by atoms with E-state index in [0.717, 1.165) is 37.2 Å². The first-order chi connectivity index (χ1) is 11.5. The molecule has 130 valence electrons. The van der Waals surface area contributed by atoms with Gasteiger partial charge in [0.25, 0.3) is 0 Å². The van der Waals surface area contributed by atoms with Gasteiger partial charge in [0, 0.05) is 35.7 Å². The summed E-state index contributed by atoms with van der Waals surface area (Å²) in [6.07, 6.45) is 1.33. The summed E-state index contributed by atoms with van der Waals surface area (Å²) in [6, 6.07) is 9.47. The minimum Gasteiger partial charge on any atom is -0.393 e. The molecule has 0 bridgehead atoms. The molecule has 1 aromatic heterocycles. The molecule has 1 aromatic carbocycles. The van der Waals surface area contributed by atoms with Crippen LogP contribution in [0.3, 0.4) is 0 Å². The van der Waals surface area contributed by atoms with Gasteiger partial charge in [0.2, 0.25) is 0 Å². The standard InChI is InChI=1S/C19H25FN2OS/c1-13(21-14(2)19-4-3-11-24-19)17-12-15(20)5-6-18(17)22-9-7-16(23)8-10-22/h3-6,11-14,16,21,23H,7-10H2,1-2H3/t13-,14+/m1/s1. The van der Waals surface area contributed by atoms with Crippen molar-refractivity contribution in [3.05, 3.63) is 52.0 Å². The minimum absolute atomic E-state index is 0.0413. The molecule has 3 rings (SSSR count). The van der Waals surface area contributed by atoms with Crippen LogP contribution in [0.1, 0.15) is 49.2 Å². The number of piperidine rings is 1. The Balaban J connectivity index is 1.79. The lowest BCUT2D eigenvalue weighted by Crippen LogP contribution is -2.37. The highest BCUT2D eigenvalue weighted by Gasteiger charge is 2.22. The topological polar surface area (TPSA) is 35.5 Å². The van der Waals surface area contributed by atoms with E-state index in [-0.39, 0.29) is 24.0 Å². The summed E-state index contributed by atoms with van der Waals surface area (Å²) in [5.74, 6) is -0.205. The van der Waals surface area contributed by atoms with Crippen LogP contribution in [0.25, 0.3) is 0 Å². The maximum Gasteiger partial charge on any atom is 0.123 e. The molecule has 2 N–H and O–H groups in total. The second-order valence-corrected chi connectivity index (χ2v) is 7.53. The molecule has 0 spiro atoms. The maximum absolute atomic E-state index is 13.9.